The summed E-state index contributed by atoms with van der Waals surface area (Å²) in [5.74, 6) is -0.123. The molecule has 3 nitrogen and oxygen atoms in total. The molecule has 0 aromatic carbocycles. The Kier molecular flexibility index (Phi) is 3.20. The molecule has 1 rings (SSSR count). The lowest BCUT2D eigenvalue weighted by atomic mass is 9.93. The fourth-order valence-corrected chi connectivity index (χ4v) is 1.28. The molecule has 1 heterocycles. The van der Waals surface area contributed by atoms with Gasteiger partial charge in [-0.15, -0.1) is 0 Å². The van der Waals surface area contributed by atoms with Crippen LogP contribution in [-0.4, -0.2) is 24.8 Å². The Bertz CT molecular complexity index is 209. The molecule has 0 aromatic rings. The summed E-state index contributed by atoms with van der Waals surface area (Å²) in [7, 11) is 0. The molecule has 0 radical (unpaired) electrons. The molecule has 0 saturated carbocycles. The molecule has 1 aliphatic heterocycles. The zero-order chi connectivity index (χ0) is 10.8. The molecule has 0 amide bonds. The standard InChI is InChI=1S/C11H20O3/c1-10(2,3)9(12)14-11(4)5-7-13-8-6-11/h5-8H2,1-4H3. The van der Waals surface area contributed by atoms with Crippen LogP contribution in [0.25, 0.3) is 0 Å². The van der Waals surface area contributed by atoms with Crippen molar-refractivity contribution in [2.45, 2.75) is 46.1 Å². The molecule has 82 valence electrons. The second kappa shape index (κ2) is 3.89. The maximum absolute atomic E-state index is 11.7. The van der Waals surface area contributed by atoms with Gasteiger partial charge in [-0.2, -0.15) is 0 Å². The molecule has 0 N–H and O–H groups in total. The van der Waals surface area contributed by atoms with Gasteiger partial charge in [-0.05, 0) is 27.7 Å². The first-order valence-electron chi connectivity index (χ1n) is 5.15. The predicted octanol–water partition coefficient (Wildman–Crippen LogP) is 2.14. The average molecular weight is 200 g/mol. The van der Waals surface area contributed by atoms with Gasteiger partial charge in [-0.3, -0.25) is 4.79 Å². The minimum Gasteiger partial charge on any atom is -0.459 e. The number of hydrogen-bond acceptors (Lipinski definition) is 3. The van der Waals surface area contributed by atoms with E-state index < -0.39 is 5.41 Å². The van der Waals surface area contributed by atoms with E-state index >= 15 is 0 Å². The minimum absolute atomic E-state index is 0.123. The fourth-order valence-electron chi connectivity index (χ4n) is 1.28. The summed E-state index contributed by atoms with van der Waals surface area (Å²) in [5, 5.41) is 0. The summed E-state index contributed by atoms with van der Waals surface area (Å²) >= 11 is 0. The van der Waals surface area contributed by atoms with Crippen molar-refractivity contribution in [1.82, 2.24) is 0 Å². The van der Waals surface area contributed by atoms with E-state index in [1.807, 2.05) is 27.7 Å². The van der Waals surface area contributed by atoms with Crippen molar-refractivity contribution in [3.63, 3.8) is 0 Å². The summed E-state index contributed by atoms with van der Waals surface area (Å²) < 4.78 is 10.8. The molecule has 0 spiro atoms. The SMILES string of the molecule is CC1(OC(=O)C(C)(C)C)CCOCC1. The van der Waals surface area contributed by atoms with Crippen LogP contribution in [0.2, 0.25) is 0 Å². The van der Waals surface area contributed by atoms with Gasteiger partial charge < -0.3 is 9.47 Å². The highest BCUT2D eigenvalue weighted by atomic mass is 16.6. The molecule has 1 aliphatic rings. The molecular weight excluding hydrogens is 180 g/mol. The second-order valence-corrected chi connectivity index (χ2v) is 5.20. The first kappa shape index (κ1) is 11.5. The summed E-state index contributed by atoms with van der Waals surface area (Å²) in [6.07, 6.45) is 1.60. The van der Waals surface area contributed by atoms with Gasteiger partial charge in [0.25, 0.3) is 0 Å². The van der Waals surface area contributed by atoms with Crippen molar-refractivity contribution < 1.29 is 14.3 Å². The average Bonchev–Trinajstić information content (AvgIpc) is 2.02. The molecule has 1 saturated heterocycles. The van der Waals surface area contributed by atoms with E-state index in [2.05, 4.69) is 0 Å². The number of carbonyl (C=O) groups excluding carboxylic acids is 1. The van der Waals surface area contributed by atoms with Crippen LogP contribution in [0, 0.1) is 5.41 Å². The van der Waals surface area contributed by atoms with E-state index in [1.165, 1.54) is 0 Å². The lowest BCUT2D eigenvalue weighted by Crippen LogP contribution is -2.40. The van der Waals surface area contributed by atoms with Crippen molar-refractivity contribution in [2.75, 3.05) is 13.2 Å². The molecule has 0 atom stereocenters. The van der Waals surface area contributed by atoms with Crippen LogP contribution in [0.15, 0.2) is 0 Å². The Morgan fingerprint density at radius 1 is 1.29 bits per heavy atom. The third kappa shape index (κ3) is 2.98. The van der Waals surface area contributed by atoms with Gasteiger partial charge in [0, 0.05) is 12.8 Å². The van der Waals surface area contributed by atoms with E-state index in [0.717, 1.165) is 12.8 Å². The minimum atomic E-state index is -0.415. The number of carbonyl (C=O) groups is 1. The van der Waals surface area contributed by atoms with E-state index in [1.54, 1.807) is 0 Å². The molecular formula is C11H20O3. The Labute approximate surface area is 85.8 Å². The summed E-state index contributed by atoms with van der Waals surface area (Å²) in [5.41, 5.74) is -0.732. The van der Waals surface area contributed by atoms with Crippen LogP contribution in [0.3, 0.4) is 0 Å². The maximum Gasteiger partial charge on any atom is 0.311 e. The van der Waals surface area contributed by atoms with Gasteiger partial charge in [0.15, 0.2) is 0 Å². The zero-order valence-corrected chi connectivity index (χ0v) is 9.55. The molecule has 14 heavy (non-hydrogen) atoms. The van der Waals surface area contributed by atoms with Crippen LogP contribution >= 0.6 is 0 Å². The van der Waals surface area contributed by atoms with Gasteiger partial charge in [0.2, 0.25) is 0 Å². The van der Waals surface area contributed by atoms with E-state index in [9.17, 15) is 4.79 Å². The summed E-state index contributed by atoms with van der Waals surface area (Å²) in [6.45, 7) is 8.98. The first-order chi connectivity index (χ1) is 6.33. The molecule has 0 aromatic heterocycles. The molecule has 0 unspecified atom stereocenters. The highest BCUT2D eigenvalue weighted by molar-refractivity contribution is 5.75. The van der Waals surface area contributed by atoms with Crippen molar-refractivity contribution in [2.24, 2.45) is 5.41 Å². The van der Waals surface area contributed by atoms with E-state index in [-0.39, 0.29) is 11.6 Å². The van der Waals surface area contributed by atoms with Crippen LogP contribution in [-0.2, 0) is 14.3 Å². The van der Waals surface area contributed by atoms with Crippen molar-refractivity contribution >= 4 is 5.97 Å². The van der Waals surface area contributed by atoms with Gasteiger partial charge in [0.1, 0.15) is 5.60 Å². The highest BCUT2D eigenvalue weighted by Gasteiger charge is 2.35. The number of rotatable bonds is 1. The Morgan fingerprint density at radius 3 is 2.21 bits per heavy atom. The van der Waals surface area contributed by atoms with Crippen LogP contribution in [0.1, 0.15) is 40.5 Å². The zero-order valence-electron chi connectivity index (χ0n) is 9.55. The third-order valence-electron chi connectivity index (χ3n) is 2.50. The van der Waals surface area contributed by atoms with Crippen molar-refractivity contribution in [1.29, 1.82) is 0 Å². The molecule has 1 fully saturated rings. The smallest absolute Gasteiger partial charge is 0.311 e. The lowest BCUT2D eigenvalue weighted by Gasteiger charge is -2.35. The largest absolute Gasteiger partial charge is 0.459 e. The normalized spacial score (nSPS) is 21.7. The Morgan fingerprint density at radius 2 is 1.79 bits per heavy atom. The topological polar surface area (TPSA) is 35.5 Å². The number of esters is 1. The molecule has 0 aliphatic carbocycles. The lowest BCUT2D eigenvalue weighted by molar-refractivity contribution is -0.176. The highest BCUT2D eigenvalue weighted by Crippen LogP contribution is 2.28. The predicted molar refractivity (Wildman–Crippen MR) is 54.0 cm³/mol. The fraction of sp³-hybridized carbons (Fsp3) is 0.909. The van der Waals surface area contributed by atoms with Gasteiger partial charge in [-0.25, -0.2) is 0 Å². The van der Waals surface area contributed by atoms with Gasteiger partial charge >= 0.3 is 5.97 Å². The van der Waals surface area contributed by atoms with E-state index in [0.29, 0.717) is 13.2 Å². The molecule has 3 heteroatoms. The van der Waals surface area contributed by atoms with Crippen molar-refractivity contribution in [3.05, 3.63) is 0 Å². The Hall–Kier alpha value is -0.570. The van der Waals surface area contributed by atoms with Crippen LogP contribution in [0.5, 0.6) is 0 Å². The van der Waals surface area contributed by atoms with Crippen LogP contribution in [0.4, 0.5) is 0 Å². The summed E-state index contributed by atoms with van der Waals surface area (Å²) in [4.78, 5) is 11.7. The van der Waals surface area contributed by atoms with Gasteiger partial charge in [-0.1, -0.05) is 0 Å². The summed E-state index contributed by atoms with van der Waals surface area (Å²) in [6, 6.07) is 0. The maximum atomic E-state index is 11.7. The van der Waals surface area contributed by atoms with Crippen molar-refractivity contribution in [3.8, 4) is 0 Å². The van der Waals surface area contributed by atoms with Crippen LogP contribution < -0.4 is 0 Å². The molecule has 0 bridgehead atoms. The number of ether oxygens (including phenoxy) is 2. The second-order valence-electron chi connectivity index (χ2n) is 5.20. The van der Waals surface area contributed by atoms with E-state index in [4.69, 9.17) is 9.47 Å². The first-order valence-corrected chi connectivity index (χ1v) is 5.15. The number of hydrogen-bond donors (Lipinski definition) is 0. The quantitative estimate of drug-likeness (QED) is 0.608. The monoisotopic (exact) mass is 200 g/mol. The van der Waals surface area contributed by atoms with Gasteiger partial charge in [0.05, 0.1) is 18.6 Å². The Balaban J connectivity index is 2.54. The third-order valence-corrected chi connectivity index (χ3v) is 2.50.